The molecule has 2 amide bonds. The molecule has 1 aliphatic rings. The van der Waals surface area contributed by atoms with Crippen molar-refractivity contribution in [3.8, 4) is 5.75 Å². The van der Waals surface area contributed by atoms with Gasteiger partial charge in [-0.25, -0.2) is 4.98 Å². The Morgan fingerprint density at radius 1 is 0.900 bits per heavy atom. The third kappa shape index (κ3) is 7.29. The number of para-hydroxylation sites is 3. The summed E-state index contributed by atoms with van der Waals surface area (Å²) in [6.45, 7) is 1.38. The smallest absolute Gasteiger partial charge is 0.257 e. The Hall–Kier alpha value is -4.13. The van der Waals surface area contributed by atoms with Gasteiger partial charge in [-0.3, -0.25) is 9.59 Å². The molecule has 0 radical (unpaired) electrons. The Kier molecular flexibility index (Phi) is 9.46. The predicted octanol–water partition coefficient (Wildman–Crippen LogP) is 5.53. The number of rotatable bonds is 12. The summed E-state index contributed by atoms with van der Waals surface area (Å²) in [6, 6.07) is 27.8. The number of aryl methyl sites for hydroxylation is 1. The third-order valence-corrected chi connectivity index (χ3v) is 7.57. The van der Waals surface area contributed by atoms with Crippen molar-refractivity contribution in [3.63, 3.8) is 0 Å². The Morgan fingerprint density at radius 3 is 2.38 bits per heavy atom. The number of aromatic nitrogens is 2. The minimum absolute atomic E-state index is 0.0184. The largest absolute Gasteiger partial charge is 0.484 e. The molecule has 0 atom stereocenters. The van der Waals surface area contributed by atoms with Gasteiger partial charge in [-0.15, -0.1) is 0 Å². The number of imidazole rings is 1. The summed E-state index contributed by atoms with van der Waals surface area (Å²) in [5, 5.41) is 2.93. The lowest BCUT2D eigenvalue weighted by molar-refractivity contribution is -0.135. The molecule has 0 saturated heterocycles. The van der Waals surface area contributed by atoms with Crippen LogP contribution < -0.4 is 10.1 Å². The van der Waals surface area contributed by atoms with E-state index in [1.807, 2.05) is 72.8 Å². The summed E-state index contributed by atoms with van der Waals surface area (Å²) in [7, 11) is 0. The van der Waals surface area contributed by atoms with Crippen molar-refractivity contribution in [1.82, 2.24) is 19.8 Å². The van der Waals surface area contributed by atoms with Crippen molar-refractivity contribution in [1.29, 1.82) is 0 Å². The predicted molar refractivity (Wildman–Crippen MR) is 157 cm³/mol. The van der Waals surface area contributed by atoms with Gasteiger partial charge in [0.05, 0.1) is 11.0 Å². The van der Waals surface area contributed by atoms with Gasteiger partial charge >= 0.3 is 0 Å². The van der Waals surface area contributed by atoms with Crippen LogP contribution in [0.25, 0.3) is 11.0 Å². The van der Waals surface area contributed by atoms with Gasteiger partial charge in [0.15, 0.2) is 6.61 Å². The maximum Gasteiger partial charge on any atom is 0.257 e. The average Bonchev–Trinajstić information content (AvgIpc) is 3.35. The highest BCUT2D eigenvalue weighted by Crippen LogP contribution is 2.25. The van der Waals surface area contributed by atoms with E-state index in [2.05, 4.69) is 26.9 Å². The van der Waals surface area contributed by atoms with Gasteiger partial charge in [0.2, 0.25) is 5.91 Å². The fraction of sp³-hybridized carbons (Fsp3) is 0.364. The molecule has 4 aromatic rings. The van der Waals surface area contributed by atoms with Gasteiger partial charge in [-0.2, -0.15) is 0 Å². The zero-order valence-corrected chi connectivity index (χ0v) is 23.0. The molecule has 0 bridgehead atoms. The molecule has 0 unspecified atom stereocenters. The van der Waals surface area contributed by atoms with E-state index in [1.165, 1.54) is 19.3 Å². The first-order chi connectivity index (χ1) is 19.7. The summed E-state index contributed by atoms with van der Waals surface area (Å²) >= 11 is 0. The molecule has 0 spiro atoms. The van der Waals surface area contributed by atoms with Crippen LogP contribution in [-0.2, 0) is 29.1 Å². The van der Waals surface area contributed by atoms with Crippen molar-refractivity contribution in [2.24, 2.45) is 0 Å². The number of fused-ring (bicyclic) bond motifs is 1. The van der Waals surface area contributed by atoms with Gasteiger partial charge < -0.3 is 19.5 Å². The molecule has 3 aromatic carbocycles. The Bertz CT molecular complexity index is 1380. The number of hydrogen-bond donors (Lipinski definition) is 1. The summed E-state index contributed by atoms with van der Waals surface area (Å²) in [6.07, 6.45) is 7.08. The molecule has 1 aliphatic carbocycles. The van der Waals surface area contributed by atoms with Crippen LogP contribution in [0.5, 0.6) is 5.75 Å². The lowest BCUT2D eigenvalue weighted by Gasteiger charge is -2.35. The highest BCUT2D eigenvalue weighted by molar-refractivity contribution is 5.81. The zero-order valence-electron chi connectivity index (χ0n) is 23.0. The topological polar surface area (TPSA) is 76.5 Å². The number of benzene rings is 3. The van der Waals surface area contributed by atoms with Gasteiger partial charge in [-0.05, 0) is 49.1 Å². The fourth-order valence-corrected chi connectivity index (χ4v) is 5.50. The molecule has 1 saturated carbocycles. The van der Waals surface area contributed by atoms with Crippen molar-refractivity contribution in [2.45, 2.75) is 64.1 Å². The molecule has 40 heavy (non-hydrogen) atoms. The highest BCUT2D eigenvalue weighted by Gasteiger charge is 2.27. The molecule has 7 nitrogen and oxygen atoms in total. The van der Waals surface area contributed by atoms with Gasteiger partial charge in [0.25, 0.3) is 5.91 Å². The average molecular weight is 539 g/mol. The lowest BCUT2D eigenvalue weighted by atomic mass is 9.93. The number of carbonyl (C=O) groups is 2. The molecule has 1 aromatic heterocycles. The van der Waals surface area contributed by atoms with Crippen molar-refractivity contribution in [3.05, 3.63) is 96.3 Å². The molecular formula is C33H38N4O3. The third-order valence-electron chi connectivity index (χ3n) is 7.57. The maximum absolute atomic E-state index is 13.9. The number of carbonyl (C=O) groups excluding carboxylic acids is 2. The fourth-order valence-electron chi connectivity index (χ4n) is 5.50. The Balaban J connectivity index is 1.24. The summed E-state index contributed by atoms with van der Waals surface area (Å²) in [4.78, 5) is 33.1. The number of hydrogen-bond acceptors (Lipinski definition) is 4. The first kappa shape index (κ1) is 27.4. The minimum atomic E-state index is -0.156. The summed E-state index contributed by atoms with van der Waals surface area (Å²) < 4.78 is 7.60. The van der Waals surface area contributed by atoms with Crippen LogP contribution in [0.15, 0.2) is 84.9 Å². The van der Waals surface area contributed by atoms with E-state index in [4.69, 9.17) is 9.72 Å². The maximum atomic E-state index is 13.9. The van der Waals surface area contributed by atoms with Gasteiger partial charge in [-0.1, -0.05) is 79.9 Å². The van der Waals surface area contributed by atoms with E-state index in [-0.39, 0.29) is 31.0 Å². The van der Waals surface area contributed by atoms with E-state index >= 15 is 0 Å². The second-order valence-electron chi connectivity index (χ2n) is 10.5. The highest BCUT2D eigenvalue weighted by atomic mass is 16.5. The van der Waals surface area contributed by atoms with E-state index < -0.39 is 0 Å². The molecule has 1 heterocycles. The van der Waals surface area contributed by atoms with Crippen LogP contribution in [0, 0.1) is 0 Å². The SMILES string of the molecule is O=C(COc1ccccc1)NCCCc1nc2ccccc2n1CC(=O)N(Cc1ccccc1)C1CCCCC1. The van der Waals surface area contributed by atoms with Crippen molar-refractivity contribution in [2.75, 3.05) is 13.2 Å². The van der Waals surface area contributed by atoms with Gasteiger partial charge in [0.1, 0.15) is 18.1 Å². The Morgan fingerprint density at radius 2 is 1.60 bits per heavy atom. The lowest BCUT2D eigenvalue weighted by Crippen LogP contribution is -2.42. The second kappa shape index (κ2) is 13.8. The second-order valence-corrected chi connectivity index (χ2v) is 10.5. The molecule has 1 N–H and O–H groups in total. The molecule has 5 rings (SSSR count). The summed E-state index contributed by atoms with van der Waals surface area (Å²) in [5.74, 6) is 1.52. The minimum Gasteiger partial charge on any atom is -0.484 e. The van der Waals surface area contributed by atoms with Crippen molar-refractivity contribution >= 4 is 22.8 Å². The number of amides is 2. The van der Waals surface area contributed by atoms with Crippen LogP contribution in [0.1, 0.15) is 49.9 Å². The van der Waals surface area contributed by atoms with Crippen LogP contribution in [-0.4, -0.2) is 45.5 Å². The number of nitrogens with zero attached hydrogens (tertiary/aromatic N) is 3. The number of ether oxygens (including phenoxy) is 1. The van der Waals surface area contributed by atoms with E-state index in [1.54, 1.807) is 0 Å². The molecular weight excluding hydrogens is 500 g/mol. The van der Waals surface area contributed by atoms with Crippen LogP contribution in [0.2, 0.25) is 0 Å². The quantitative estimate of drug-likeness (QED) is 0.241. The van der Waals surface area contributed by atoms with Crippen LogP contribution in [0.3, 0.4) is 0 Å². The van der Waals surface area contributed by atoms with E-state index in [9.17, 15) is 9.59 Å². The standard InChI is InChI=1S/C33H38N4O3/c38-32(25-40-28-17-8-3-9-18-28)34-22-12-21-31-35-29-19-10-11-20-30(29)37(31)24-33(39)36(27-15-6-2-7-16-27)23-26-13-4-1-5-14-26/h1,3-5,8-11,13-14,17-20,27H,2,6-7,12,15-16,21-25H2,(H,34,38). The van der Waals surface area contributed by atoms with Crippen molar-refractivity contribution < 1.29 is 14.3 Å². The zero-order chi connectivity index (χ0) is 27.6. The molecule has 0 aliphatic heterocycles. The molecule has 1 fully saturated rings. The normalized spacial score (nSPS) is 13.7. The summed E-state index contributed by atoms with van der Waals surface area (Å²) in [5.41, 5.74) is 3.01. The van der Waals surface area contributed by atoms with Crippen LogP contribution in [0.4, 0.5) is 0 Å². The first-order valence-corrected chi connectivity index (χ1v) is 14.4. The first-order valence-electron chi connectivity index (χ1n) is 14.4. The van der Waals surface area contributed by atoms with E-state index in [0.717, 1.165) is 35.3 Å². The van der Waals surface area contributed by atoms with Gasteiger partial charge in [0, 0.05) is 25.6 Å². The van der Waals surface area contributed by atoms with E-state index in [0.29, 0.717) is 31.7 Å². The monoisotopic (exact) mass is 538 g/mol. The molecule has 208 valence electrons. The number of nitrogens with one attached hydrogen (secondary N) is 1. The molecule has 7 heteroatoms. The Labute approximate surface area is 236 Å². The van der Waals surface area contributed by atoms with Crippen LogP contribution >= 0.6 is 0 Å².